The second-order valence-corrected chi connectivity index (χ2v) is 9.08. The van der Waals surface area contributed by atoms with Crippen molar-refractivity contribution in [3.63, 3.8) is 0 Å². The first-order valence-electron chi connectivity index (χ1n) is 9.86. The molecule has 0 saturated carbocycles. The third-order valence-electron chi connectivity index (χ3n) is 5.27. The zero-order valence-electron chi connectivity index (χ0n) is 17.0. The van der Waals surface area contributed by atoms with Gasteiger partial charge in [0.05, 0.1) is 5.56 Å². The monoisotopic (exact) mass is 410 g/mol. The normalized spacial score (nSPS) is 14.1. The summed E-state index contributed by atoms with van der Waals surface area (Å²) in [5.41, 5.74) is 4.70. The highest BCUT2D eigenvalue weighted by atomic mass is 32.2. The van der Waals surface area contributed by atoms with Gasteiger partial charge >= 0.3 is 5.97 Å². The molecule has 1 N–H and O–H groups in total. The van der Waals surface area contributed by atoms with E-state index in [9.17, 15) is 4.79 Å². The Morgan fingerprint density at radius 2 is 1.60 bits per heavy atom. The molecule has 1 aliphatic carbocycles. The summed E-state index contributed by atoms with van der Waals surface area (Å²) in [6.07, 6.45) is 3.35. The number of hydrogen-bond donors (Lipinski definition) is 1. The third kappa shape index (κ3) is 4.35. The maximum Gasteiger partial charge on any atom is 0.335 e. The Labute approximate surface area is 181 Å². The van der Waals surface area contributed by atoms with Gasteiger partial charge in [0.15, 0.2) is 0 Å². The van der Waals surface area contributed by atoms with Gasteiger partial charge in [-0.2, -0.15) is 0 Å². The Morgan fingerprint density at radius 3 is 2.30 bits per heavy atom. The predicted octanol–water partition coefficient (Wildman–Crippen LogP) is 6.60. The summed E-state index contributed by atoms with van der Waals surface area (Å²) in [5.74, 6) is 5.46. The predicted molar refractivity (Wildman–Crippen MR) is 124 cm³/mol. The summed E-state index contributed by atoms with van der Waals surface area (Å²) in [4.78, 5) is 13.5. The molecule has 0 unspecified atom stereocenters. The number of aromatic carboxylic acids is 1. The van der Waals surface area contributed by atoms with Crippen molar-refractivity contribution >= 4 is 22.6 Å². The van der Waals surface area contributed by atoms with Crippen LogP contribution in [0.2, 0.25) is 0 Å². The van der Waals surface area contributed by atoms with Gasteiger partial charge in [0.25, 0.3) is 0 Å². The van der Waals surface area contributed by atoms with Crippen LogP contribution in [0.1, 0.15) is 52.9 Å². The molecule has 0 saturated heterocycles. The molecule has 3 heteroatoms. The van der Waals surface area contributed by atoms with Crippen LogP contribution in [0.25, 0.3) is 4.91 Å². The van der Waals surface area contributed by atoms with Crippen molar-refractivity contribution in [2.45, 2.75) is 30.6 Å². The number of fused-ring (bicyclic) bond motifs is 1. The summed E-state index contributed by atoms with van der Waals surface area (Å²) >= 11 is 1.79. The van der Waals surface area contributed by atoms with Crippen LogP contribution >= 0.6 is 11.8 Å². The molecule has 0 bridgehead atoms. The van der Waals surface area contributed by atoms with Crippen molar-refractivity contribution in [2.24, 2.45) is 0 Å². The zero-order valence-corrected chi connectivity index (χ0v) is 17.8. The highest BCUT2D eigenvalue weighted by Gasteiger charge is 2.28. The van der Waals surface area contributed by atoms with Gasteiger partial charge in [0, 0.05) is 20.9 Å². The standard InChI is InChI=1S/C27H22O2S/c1-27(2)17-16-25(30-22-6-4-3-5-7-22)23-18-20(12-15-24(23)27)9-8-19-10-13-21(14-11-19)26(28)29/h3-7,10-16,18H,17H2,1-2H3,(H,28,29). The fraction of sp³-hybridized carbons (Fsp3) is 0.148. The van der Waals surface area contributed by atoms with E-state index >= 15 is 0 Å². The molecule has 3 aromatic carbocycles. The summed E-state index contributed by atoms with van der Waals surface area (Å²) in [6, 6.07) is 23.5. The quantitative estimate of drug-likeness (QED) is 0.494. The van der Waals surface area contributed by atoms with E-state index in [4.69, 9.17) is 5.11 Å². The Hall–Kier alpha value is -3.22. The second-order valence-electron chi connectivity index (χ2n) is 7.96. The van der Waals surface area contributed by atoms with Crippen molar-refractivity contribution in [1.29, 1.82) is 0 Å². The first-order chi connectivity index (χ1) is 14.4. The fourth-order valence-electron chi connectivity index (χ4n) is 3.54. The van der Waals surface area contributed by atoms with Crippen molar-refractivity contribution < 1.29 is 9.90 Å². The van der Waals surface area contributed by atoms with E-state index in [1.54, 1.807) is 36.0 Å². The lowest BCUT2D eigenvalue weighted by atomic mass is 9.75. The molecule has 4 rings (SSSR count). The van der Waals surface area contributed by atoms with E-state index in [1.165, 1.54) is 20.9 Å². The molecule has 0 aliphatic heterocycles. The van der Waals surface area contributed by atoms with Crippen molar-refractivity contribution in [2.75, 3.05) is 0 Å². The Bertz CT molecular complexity index is 1180. The lowest BCUT2D eigenvalue weighted by molar-refractivity contribution is 0.0697. The number of hydrogen-bond acceptors (Lipinski definition) is 2. The second kappa shape index (κ2) is 8.26. The minimum absolute atomic E-state index is 0.0920. The fourth-order valence-corrected chi connectivity index (χ4v) is 4.53. The summed E-state index contributed by atoms with van der Waals surface area (Å²) < 4.78 is 0. The van der Waals surface area contributed by atoms with Gasteiger partial charge in [0.1, 0.15) is 0 Å². The van der Waals surface area contributed by atoms with Gasteiger partial charge < -0.3 is 5.11 Å². The summed E-state index contributed by atoms with van der Waals surface area (Å²) in [6.45, 7) is 4.56. The van der Waals surface area contributed by atoms with Crippen LogP contribution in [0.15, 0.2) is 83.8 Å². The molecule has 0 heterocycles. The van der Waals surface area contributed by atoms with Crippen LogP contribution in [0, 0.1) is 11.8 Å². The number of carbonyl (C=O) groups is 1. The molecule has 148 valence electrons. The van der Waals surface area contributed by atoms with E-state index in [0.29, 0.717) is 0 Å². The molecule has 2 nitrogen and oxygen atoms in total. The third-order valence-corrected chi connectivity index (χ3v) is 6.38. The number of carboxylic acid groups (broad SMARTS) is 1. The van der Waals surface area contributed by atoms with Crippen molar-refractivity contribution in [3.05, 3.63) is 107 Å². The first kappa shape index (κ1) is 20.1. The van der Waals surface area contributed by atoms with Gasteiger partial charge in [-0.3, -0.25) is 0 Å². The van der Waals surface area contributed by atoms with Gasteiger partial charge in [-0.15, -0.1) is 0 Å². The maximum atomic E-state index is 11.0. The maximum absolute atomic E-state index is 11.0. The van der Waals surface area contributed by atoms with E-state index < -0.39 is 5.97 Å². The molecular formula is C27H22O2S. The molecule has 0 radical (unpaired) electrons. The summed E-state index contributed by atoms with van der Waals surface area (Å²) in [7, 11) is 0. The molecule has 0 aromatic heterocycles. The molecule has 0 fully saturated rings. The SMILES string of the molecule is CC1(C)CC=C(Sc2ccccc2)c2cc(C#Cc3ccc(C(=O)O)cc3)ccc21. The van der Waals surface area contributed by atoms with E-state index in [1.807, 2.05) is 6.07 Å². The summed E-state index contributed by atoms with van der Waals surface area (Å²) in [5, 5.41) is 9.03. The highest BCUT2D eigenvalue weighted by molar-refractivity contribution is 8.08. The van der Waals surface area contributed by atoms with E-state index in [-0.39, 0.29) is 11.0 Å². The van der Waals surface area contributed by atoms with Crippen molar-refractivity contribution in [3.8, 4) is 11.8 Å². The Kier molecular flexibility index (Phi) is 5.53. The first-order valence-corrected chi connectivity index (χ1v) is 10.7. The molecule has 0 spiro atoms. The number of allylic oxidation sites excluding steroid dienone is 1. The number of rotatable bonds is 3. The number of carboxylic acids is 1. The molecule has 1 aliphatic rings. The Morgan fingerprint density at radius 1 is 0.933 bits per heavy atom. The molecular weight excluding hydrogens is 388 g/mol. The van der Waals surface area contributed by atoms with Crippen LogP contribution < -0.4 is 0 Å². The lowest BCUT2D eigenvalue weighted by Crippen LogP contribution is -2.21. The van der Waals surface area contributed by atoms with Crippen LogP contribution in [-0.2, 0) is 5.41 Å². The van der Waals surface area contributed by atoms with Crippen LogP contribution in [0.3, 0.4) is 0 Å². The average Bonchev–Trinajstić information content (AvgIpc) is 2.75. The molecule has 3 aromatic rings. The topological polar surface area (TPSA) is 37.3 Å². The largest absolute Gasteiger partial charge is 0.478 e. The number of thioether (sulfide) groups is 1. The smallest absolute Gasteiger partial charge is 0.335 e. The molecule has 30 heavy (non-hydrogen) atoms. The van der Waals surface area contributed by atoms with Gasteiger partial charge in [0.2, 0.25) is 0 Å². The van der Waals surface area contributed by atoms with Crippen LogP contribution in [0.4, 0.5) is 0 Å². The molecule has 0 atom stereocenters. The van der Waals surface area contributed by atoms with Crippen LogP contribution in [-0.4, -0.2) is 11.1 Å². The minimum atomic E-state index is -0.929. The van der Waals surface area contributed by atoms with E-state index in [2.05, 4.69) is 74.2 Å². The van der Waals surface area contributed by atoms with Gasteiger partial charge in [-0.1, -0.05) is 67.8 Å². The highest BCUT2D eigenvalue weighted by Crippen LogP contribution is 2.45. The number of benzene rings is 3. The lowest BCUT2D eigenvalue weighted by Gasteiger charge is -2.32. The minimum Gasteiger partial charge on any atom is -0.478 e. The van der Waals surface area contributed by atoms with Gasteiger partial charge in [-0.05, 0) is 71.5 Å². The van der Waals surface area contributed by atoms with E-state index in [0.717, 1.165) is 17.5 Å². The van der Waals surface area contributed by atoms with Crippen molar-refractivity contribution in [1.82, 2.24) is 0 Å². The molecule has 0 amide bonds. The zero-order chi connectivity index (χ0) is 21.1. The Balaban J connectivity index is 1.66. The van der Waals surface area contributed by atoms with Gasteiger partial charge in [-0.25, -0.2) is 4.79 Å². The average molecular weight is 411 g/mol. The van der Waals surface area contributed by atoms with Crippen LogP contribution in [0.5, 0.6) is 0 Å².